The molecule has 29 heavy (non-hydrogen) atoms. The highest BCUT2D eigenvalue weighted by atomic mass is 16.5. The molecule has 150 valence electrons. The van der Waals surface area contributed by atoms with Crippen LogP contribution in [-0.2, 0) is 11.2 Å². The fourth-order valence-corrected chi connectivity index (χ4v) is 2.95. The van der Waals surface area contributed by atoms with E-state index in [4.69, 9.17) is 4.74 Å². The number of hydrogen-bond acceptors (Lipinski definition) is 4. The van der Waals surface area contributed by atoms with Gasteiger partial charge in [0.1, 0.15) is 5.75 Å². The van der Waals surface area contributed by atoms with E-state index in [0.29, 0.717) is 36.4 Å². The fourth-order valence-electron chi connectivity index (χ4n) is 2.95. The minimum Gasteiger partial charge on any atom is -0.497 e. The molecule has 0 bridgehead atoms. The number of hydrogen-bond donors (Lipinski definition) is 3. The largest absolute Gasteiger partial charge is 0.497 e. The predicted octanol–water partition coefficient (Wildman–Crippen LogP) is 2.02. The Labute approximate surface area is 168 Å². The van der Waals surface area contributed by atoms with Crippen LogP contribution in [-0.4, -0.2) is 37.0 Å². The van der Waals surface area contributed by atoms with Gasteiger partial charge in [-0.3, -0.25) is 14.4 Å². The molecule has 0 fully saturated rings. The Morgan fingerprint density at radius 1 is 1.00 bits per heavy atom. The summed E-state index contributed by atoms with van der Waals surface area (Å²) in [5, 5.41) is 6.35. The Morgan fingerprint density at radius 3 is 2.52 bits per heavy atom. The molecule has 0 saturated carbocycles. The van der Waals surface area contributed by atoms with Gasteiger partial charge in [-0.2, -0.15) is 0 Å². The molecule has 2 amide bonds. The van der Waals surface area contributed by atoms with Crippen LogP contribution in [0.5, 0.6) is 5.75 Å². The van der Waals surface area contributed by atoms with Gasteiger partial charge in [0.2, 0.25) is 5.91 Å². The first-order chi connectivity index (χ1) is 14.1. The van der Waals surface area contributed by atoms with Crippen molar-refractivity contribution in [1.82, 2.24) is 15.6 Å². The van der Waals surface area contributed by atoms with Crippen molar-refractivity contribution in [3.63, 3.8) is 0 Å². The van der Waals surface area contributed by atoms with Crippen LogP contribution in [0.25, 0.3) is 10.9 Å². The molecule has 0 unspecified atom stereocenters. The maximum Gasteiger partial charge on any atom is 0.251 e. The van der Waals surface area contributed by atoms with E-state index in [1.165, 1.54) is 0 Å². The summed E-state index contributed by atoms with van der Waals surface area (Å²) >= 11 is 0. The first-order valence-electron chi connectivity index (χ1n) is 9.37. The number of pyridine rings is 1. The molecular weight excluding hydrogens is 370 g/mol. The van der Waals surface area contributed by atoms with Crippen LogP contribution in [0.3, 0.4) is 0 Å². The van der Waals surface area contributed by atoms with Crippen LogP contribution in [0.1, 0.15) is 22.3 Å². The van der Waals surface area contributed by atoms with E-state index in [1.807, 2.05) is 12.1 Å². The van der Waals surface area contributed by atoms with Gasteiger partial charge in [0.15, 0.2) is 0 Å². The number of fused-ring (bicyclic) bond motifs is 1. The van der Waals surface area contributed by atoms with Crippen molar-refractivity contribution in [1.29, 1.82) is 0 Å². The molecule has 0 aliphatic carbocycles. The van der Waals surface area contributed by atoms with Crippen LogP contribution in [0.2, 0.25) is 0 Å². The van der Waals surface area contributed by atoms with Gasteiger partial charge in [-0.15, -0.1) is 0 Å². The van der Waals surface area contributed by atoms with Gasteiger partial charge in [0, 0.05) is 41.5 Å². The summed E-state index contributed by atoms with van der Waals surface area (Å²) in [6.07, 6.45) is 0.510. The normalized spacial score (nSPS) is 10.5. The average molecular weight is 393 g/mol. The Bertz CT molecular complexity index is 1060. The zero-order valence-electron chi connectivity index (χ0n) is 16.2. The number of aromatic nitrogens is 1. The quantitative estimate of drug-likeness (QED) is 0.510. The van der Waals surface area contributed by atoms with Gasteiger partial charge in [-0.1, -0.05) is 18.2 Å². The Morgan fingerprint density at radius 2 is 1.76 bits per heavy atom. The van der Waals surface area contributed by atoms with Crippen LogP contribution in [0.4, 0.5) is 0 Å². The van der Waals surface area contributed by atoms with E-state index >= 15 is 0 Å². The number of benzene rings is 2. The van der Waals surface area contributed by atoms with Crippen molar-refractivity contribution in [3.8, 4) is 5.75 Å². The third kappa shape index (κ3) is 5.44. The first-order valence-corrected chi connectivity index (χ1v) is 9.37. The van der Waals surface area contributed by atoms with E-state index in [0.717, 1.165) is 10.9 Å². The number of H-pyrrole nitrogens is 1. The molecular formula is C22H23N3O4. The monoisotopic (exact) mass is 393 g/mol. The van der Waals surface area contributed by atoms with Gasteiger partial charge in [0.05, 0.1) is 7.11 Å². The van der Waals surface area contributed by atoms with Gasteiger partial charge in [0.25, 0.3) is 11.5 Å². The first kappa shape index (κ1) is 20.1. The van der Waals surface area contributed by atoms with Crippen molar-refractivity contribution in [2.24, 2.45) is 0 Å². The molecule has 2 aromatic carbocycles. The van der Waals surface area contributed by atoms with Gasteiger partial charge in [-0.05, 0) is 42.8 Å². The highest BCUT2D eigenvalue weighted by molar-refractivity contribution is 5.94. The van der Waals surface area contributed by atoms with Gasteiger partial charge in [-0.25, -0.2) is 0 Å². The highest BCUT2D eigenvalue weighted by Gasteiger charge is 2.08. The molecule has 3 aromatic rings. The lowest BCUT2D eigenvalue weighted by molar-refractivity contribution is -0.121. The predicted molar refractivity (Wildman–Crippen MR) is 111 cm³/mol. The SMILES string of the molecule is COc1ccc2[nH]c(=O)c(CCC(=O)NCCNC(=O)c3ccccc3)cc2c1. The lowest BCUT2D eigenvalue weighted by Crippen LogP contribution is -2.34. The van der Waals surface area contributed by atoms with Crippen LogP contribution >= 0.6 is 0 Å². The second-order valence-corrected chi connectivity index (χ2v) is 6.55. The third-order valence-corrected chi connectivity index (χ3v) is 4.52. The Kier molecular flexibility index (Phi) is 6.63. The molecule has 0 radical (unpaired) electrons. The Balaban J connectivity index is 1.47. The van der Waals surface area contributed by atoms with Crippen molar-refractivity contribution in [2.75, 3.05) is 20.2 Å². The molecule has 0 spiro atoms. The zero-order valence-corrected chi connectivity index (χ0v) is 16.2. The smallest absolute Gasteiger partial charge is 0.251 e. The summed E-state index contributed by atoms with van der Waals surface area (Å²) in [5.41, 5.74) is 1.63. The van der Waals surface area contributed by atoms with E-state index in [9.17, 15) is 14.4 Å². The highest BCUT2D eigenvalue weighted by Crippen LogP contribution is 2.19. The minimum absolute atomic E-state index is 0.177. The minimum atomic E-state index is -0.203. The summed E-state index contributed by atoms with van der Waals surface area (Å²) in [4.78, 5) is 39.0. The molecule has 0 atom stereocenters. The molecule has 7 nitrogen and oxygen atoms in total. The van der Waals surface area contributed by atoms with E-state index < -0.39 is 0 Å². The molecule has 1 aromatic heterocycles. The summed E-state index contributed by atoms with van der Waals surface area (Å²) < 4.78 is 5.20. The number of rotatable bonds is 8. The van der Waals surface area contributed by atoms with E-state index in [1.54, 1.807) is 49.6 Å². The summed E-state index contributed by atoms with van der Waals surface area (Å²) in [6.45, 7) is 0.651. The van der Waals surface area contributed by atoms with E-state index in [2.05, 4.69) is 15.6 Å². The molecule has 0 aliphatic heterocycles. The van der Waals surface area contributed by atoms with Crippen molar-refractivity contribution in [2.45, 2.75) is 12.8 Å². The van der Waals surface area contributed by atoms with Crippen LogP contribution in [0.15, 0.2) is 59.4 Å². The van der Waals surface area contributed by atoms with Gasteiger partial charge >= 0.3 is 0 Å². The fraction of sp³-hybridized carbons (Fsp3) is 0.227. The number of carbonyl (C=O) groups is 2. The lowest BCUT2D eigenvalue weighted by Gasteiger charge is -2.08. The van der Waals surface area contributed by atoms with Crippen molar-refractivity contribution < 1.29 is 14.3 Å². The number of amides is 2. The number of aryl methyl sites for hydroxylation is 1. The van der Waals surface area contributed by atoms with Crippen LogP contribution < -0.4 is 20.9 Å². The molecule has 7 heteroatoms. The summed E-state index contributed by atoms with van der Waals surface area (Å²) in [6, 6.07) is 16.1. The standard InChI is InChI=1S/C22H23N3O4/c1-29-18-8-9-19-17(14-18)13-16(22(28)25-19)7-10-20(26)23-11-12-24-21(27)15-5-3-2-4-6-15/h2-6,8-9,13-14H,7,10-12H2,1H3,(H,23,26)(H,24,27)(H,25,28). The molecule has 3 rings (SSSR count). The third-order valence-electron chi connectivity index (χ3n) is 4.52. The lowest BCUT2D eigenvalue weighted by atomic mass is 10.1. The summed E-state index contributed by atoms with van der Waals surface area (Å²) in [5.74, 6) is 0.341. The maximum absolute atomic E-state index is 12.2. The molecule has 0 aliphatic rings. The van der Waals surface area contributed by atoms with E-state index in [-0.39, 0.29) is 23.8 Å². The molecule has 0 saturated heterocycles. The number of ether oxygens (including phenoxy) is 1. The number of nitrogens with one attached hydrogen (secondary N) is 3. The number of aromatic amines is 1. The molecule has 1 heterocycles. The topological polar surface area (TPSA) is 100 Å². The molecule has 3 N–H and O–H groups in total. The maximum atomic E-state index is 12.2. The van der Waals surface area contributed by atoms with Crippen molar-refractivity contribution in [3.05, 3.63) is 76.1 Å². The zero-order chi connectivity index (χ0) is 20.6. The van der Waals surface area contributed by atoms with Gasteiger partial charge < -0.3 is 20.4 Å². The summed E-state index contributed by atoms with van der Waals surface area (Å²) in [7, 11) is 1.58. The Hall–Kier alpha value is -3.61. The van der Waals surface area contributed by atoms with Crippen molar-refractivity contribution >= 4 is 22.7 Å². The van der Waals surface area contributed by atoms with Crippen LogP contribution in [0, 0.1) is 0 Å². The second kappa shape index (κ2) is 9.54. The second-order valence-electron chi connectivity index (χ2n) is 6.55. The number of methoxy groups -OCH3 is 1. The number of carbonyl (C=O) groups excluding carboxylic acids is 2. The average Bonchev–Trinajstić information content (AvgIpc) is 2.75.